The van der Waals surface area contributed by atoms with Gasteiger partial charge in [-0.2, -0.15) is 0 Å². The van der Waals surface area contributed by atoms with Gasteiger partial charge in [-0.25, -0.2) is 4.98 Å². The number of rotatable bonds is 6. The van der Waals surface area contributed by atoms with Gasteiger partial charge < -0.3 is 24.6 Å². The number of morpholine rings is 1. The lowest BCUT2D eigenvalue weighted by Gasteiger charge is -2.36. The summed E-state index contributed by atoms with van der Waals surface area (Å²) in [6.07, 6.45) is 2.38. The summed E-state index contributed by atoms with van der Waals surface area (Å²) in [7, 11) is 5.51. The van der Waals surface area contributed by atoms with Gasteiger partial charge in [0, 0.05) is 46.5 Å². The molecule has 1 aliphatic rings. The lowest BCUT2D eigenvalue weighted by Crippen LogP contribution is -2.45. The molecule has 0 spiro atoms. The maximum absolute atomic E-state index is 5.81. The average molecular weight is 412 g/mol. The monoisotopic (exact) mass is 411 g/mol. The van der Waals surface area contributed by atoms with E-state index in [1.165, 1.54) is 5.56 Å². The number of nitrogens with one attached hydrogen (secondary N) is 1. The molecule has 2 atom stereocenters. The number of methoxy groups -OCH3 is 1. The minimum Gasteiger partial charge on any atom is -0.497 e. The van der Waals surface area contributed by atoms with Crippen LogP contribution in [0.15, 0.2) is 47.6 Å². The van der Waals surface area contributed by atoms with E-state index in [9.17, 15) is 0 Å². The largest absolute Gasteiger partial charge is 0.497 e. The fraction of sp³-hybridized carbons (Fsp3) is 0.478. The van der Waals surface area contributed by atoms with Crippen LogP contribution in [-0.2, 0) is 17.8 Å². The van der Waals surface area contributed by atoms with Gasteiger partial charge in [0.15, 0.2) is 5.96 Å². The van der Waals surface area contributed by atoms with Gasteiger partial charge in [-0.1, -0.05) is 18.2 Å². The molecular formula is C23H33N5O2. The topological polar surface area (TPSA) is 62.2 Å². The minimum absolute atomic E-state index is 0.224. The van der Waals surface area contributed by atoms with Crippen LogP contribution >= 0.6 is 0 Å². The van der Waals surface area contributed by atoms with E-state index < -0.39 is 0 Å². The molecule has 1 N–H and O–H groups in total. The van der Waals surface area contributed by atoms with Crippen LogP contribution in [0, 0.1) is 0 Å². The smallest absolute Gasteiger partial charge is 0.193 e. The molecule has 0 radical (unpaired) electrons. The zero-order chi connectivity index (χ0) is 21.5. The molecule has 7 nitrogen and oxygen atoms in total. The van der Waals surface area contributed by atoms with E-state index in [1.807, 2.05) is 25.4 Å². The van der Waals surface area contributed by atoms with Crippen molar-refractivity contribution in [2.24, 2.45) is 4.99 Å². The number of pyridine rings is 1. The highest BCUT2D eigenvalue weighted by Crippen LogP contribution is 2.18. The number of ether oxygens (including phenoxy) is 2. The Balaban J connectivity index is 1.54. The molecule has 3 rings (SSSR count). The SMILES string of the molecule is CN=C(NCc1ccc(N2CC(C)OC(C)C2)nc1)N(C)Cc1ccc(OC)cc1. The maximum atomic E-state index is 5.81. The van der Waals surface area contributed by atoms with Gasteiger partial charge in [-0.05, 0) is 43.2 Å². The third-order valence-corrected chi connectivity index (χ3v) is 5.16. The van der Waals surface area contributed by atoms with Crippen LogP contribution < -0.4 is 15.0 Å². The Morgan fingerprint density at radius 1 is 1.17 bits per heavy atom. The van der Waals surface area contributed by atoms with Crippen molar-refractivity contribution in [2.45, 2.75) is 39.1 Å². The molecule has 1 aromatic carbocycles. The number of benzene rings is 1. The van der Waals surface area contributed by atoms with E-state index >= 15 is 0 Å². The van der Waals surface area contributed by atoms with Crippen LogP contribution in [0.2, 0.25) is 0 Å². The normalized spacial score (nSPS) is 19.5. The van der Waals surface area contributed by atoms with Crippen molar-refractivity contribution < 1.29 is 9.47 Å². The Kier molecular flexibility index (Phi) is 7.52. The number of nitrogens with zero attached hydrogens (tertiary/aromatic N) is 4. The zero-order valence-corrected chi connectivity index (χ0v) is 18.6. The number of aromatic nitrogens is 1. The molecule has 1 saturated heterocycles. The second-order valence-corrected chi connectivity index (χ2v) is 7.79. The molecule has 2 aromatic rings. The first-order valence-electron chi connectivity index (χ1n) is 10.4. The fourth-order valence-corrected chi connectivity index (χ4v) is 3.72. The molecule has 0 bridgehead atoms. The predicted octanol–water partition coefficient (Wildman–Crippen LogP) is 2.91. The van der Waals surface area contributed by atoms with E-state index in [2.05, 4.69) is 63.2 Å². The highest BCUT2D eigenvalue weighted by Gasteiger charge is 2.23. The molecule has 2 unspecified atom stereocenters. The van der Waals surface area contributed by atoms with Crippen LogP contribution in [-0.4, -0.2) is 62.3 Å². The molecule has 2 heterocycles. The fourth-order valence-electron chi connectivity index (χ4n) is 3.72. The van der Waals surface area contributed by atoms with Gasteiger partial charge in [0.1, 0.15) is 11.6 Å². The van der Waals surface area contributed by atoms with Crippen LogP contribution in [0.1, 0.15) is 25.0 Å². The number of hydrogen-bond acceptors (Lipinski definition) is 5. The van der Waals surface area contributed by atoms with Crippen LogP contribution in [0.4, 0.5) is 5.82 Å². The molecule has 0 aliphatic carbocycles. The lowest BCUT2D eigenvalue weighted by atomic mass is 10.2. The molecule has 1 aliphatic heterocycles. The molecule has 30 heavy (non-hydrogen) atoms. The van der Waals surface area contributed by atoms with Gasteiger partial charge in [0.05, 0.1) is 19.3 Å². The van der Waals surface area contributed by atoms with Gasteiger partial charge in [0.25, 0.3) is 0 Å². The first-order chi connectivity index (χ1) is 14.5. The molecule has 1 aromatic heterocycles. The summed E-state index contributed by atoms with van der Waals surface area (Å²) in [6, 6.07) is 12.3. The Labute approximate surface area is 179 Å². The summed E-state index contributed by atoms with van der Waals surface area (Å²) < 4.78 is 11.0. The minimum atomic E-state index is 0.224. The van der Waals surface area contributed by atoms with Gasteiger partial charge in [-0.3, -0.25) is 4.99 Å². The van der Waals surface area contributed by atoms with Crippen molar-refractivity contribution in [3.8, 4) is 5.75 Å². The Bertz CT molecular complexity index is 812. The van der Waals surface area contributed by atoms with Crippen LogP contribution in [0.3, 0.4) is 0 Å². The van der Waals surface area contributed by atoms with E-state index in [0.717, 1.165) is 42.7 Å². The van der Waals surface area contributed by atoms with Crippen molar-refractivity contribution in [2.75, 3.05) is 39.2 Å². The first-order valence-corrected chi connectivity index (χ1v) is 10.4. The Morgan fingerprint density at radius 3 is 2.40 bits per heavy atom. The molecule has 0 amide bonds. The summed E-state index contributed by atoms with van der Waals surface area (Å²) in [6.45, 7) is 7.39. The molecular weight excluding hydrogens is 378 g/mol. The summed E-state index contributed by atoms with van der Waals surface area (Å²) >= 11 is 0. The molecule has 162 valence electrons. The number of aliphatic imine (C=N–C) groups is 1. The second-order valence-electron chi connectivity index (χ2n) is 7.79. The summed E-state index contributed by atoms with van der Waals surface area (Å²) in [5.74, 6) is 2.70. The number of anilines is 1. The molecule has 1 fully saturated rings. The summed E-state index contributed by atoms with van der Waals surface area (Å²) in [4.78, 5) is 13.5. The standard InChI is InChI=1S/C23H33N5O2/c1-17-14-28(15-18(2)30-17)22-11-8-20(12-25-22)13-26-23(24-3)27(4)16-19-6-9-21(29-5)10-7-19/h6-12,17-18H,13-16H2,1-5H3,(H,24,26). The third-order valence-electron chi connectivity index (χ3n) is 5.16. The summed E-state index contributed by atoms with van der Waals surface area (Å²) in [5.41, 5.74) is 2.31. The van der Waals surface area contributed by atoms with Gasteiger partial charge in [-0.15, -0.1) is 0 Å². The summed E-state index contributed by atoms with van der Waals surface area (Å²) in [5, 5.41) is 3.42. The Morgan fingerprint density at radius 2 is 1.83 bits per heavy atom. The highest BCUT2D eigenvalue weighted by molar-refractivity contribution is 5.79. The first kappa shape index (κ1) is 21.9. The average Bonchev–Trinajstić information content (AvgIpc) is 2.74. The molecule has 0 saturated carbocycles. The highest BCUT2D eigenvalue weighted by atomic mass is 16.5. The van der Waals surface area contributed by atoms with E-state index in [-0.39, 0.29) is 12.2 Å². The van der Waals surface area contributed by atoms with Crippen LogP contribution in [0.25, 0.3) is 0 Å². The van der Waals surface area contributed by atoms with Crippen molar-refractivity contribution in [1.82, 2.24) is 15.2 Å². The number of guanidine groups is 1. The van der Waals surface area contributed by atoms with E-state index in [1.54, 1.807) is 14.2 Å². The van der Waals surface area contributed by atoms with Crippen LogP contribution in [0.5, 0.6) is 5.75 Å². The number of hydrogen-bond donors (Lipinski definition) is 1. The molecule has 7 heteroatoms. The van der Waals surface area contributed by atoms with Gasteiger partial charge >= 0.3 is 0 Å². The third kappa shape index (κ3) is 5.86. The quantitative estimate of drug-likeness (QED) is 0.583. The van der Waals surface area contributed by atoms with Crippen molar-refractivity contribution in [1.29, 1.82) is 0 Å². The zero-order valence-electron chi connectivity index (χ0n) is 18.6. The van der Waals surface area contributed by atoms with E-state index in [0.29, 0.717) is 6.54 Å². The van der Waals surface area contributed by atoms with Gasteiger partial charge in [0.2, 0.25) is 0 Å². The van der Waals surface area contributed by atoms with Crippen molar-refractivity contribution in [3.63, 3.8) is 0 Å². The Hall–Kier alpha value is -2.80. The predicted molar refractivity (Wildman–Crippen MR) is 121 cm³/mol. The maximum Gasteiger partial charge on any atom is 0.193 e. The van der Waals surface area contributed by atoms with Crippen molar-refractivity contribution in [3.05, 3.63) is 53.7 Å². The second kappa shape index (κ2) is 10.3. The van der Waals surface area contributed by atoms with E-state index in [4.69, 9.17) is 9.47 Å². The lowest BCUT2D eigenvalue weighted by molar-refractivity contribution is -0.00545. The van der Waals surface area contributed by atoms with Crippen molar-refractivity contribution >= 4 is 11.8 Å².